The number of fused-ring (bicyclic) bond motifs is 3. The van der Waals surface area contributed by atoms with Crippen LogP contribution in [-0.4, -0.2) is 6.54 Å². The van der Waals surface area contributed by atoms with E-state index in [1.807, 2.05) is 0 Å². The highest BCUT2D eigenvalue weighted by Crippen LogP contribution is 2.56. The van der Waals surface area contributed by atoms with Gasteiger partial charge in [-0.15, -0.1) is 0 Å². The molecule has 0 radical (unpaired) electrons. The van der Waals surface area contributed by atoms with E-state index in [2.05, 4.69) is 42.5 Å². The highest BCUT2D eigenvalue weighted by Gasteiger charge is 2.47. The number of benzene rings is 2. The molecule has 0 aliphatic heterocycles. The van der Waals surface area contributed by atoms with E-state index in [0.717, 1.165) is 24.3 Å². The van der Waals surface area contributed by atoms with Crippen LogP contribution in [0.2, 0.25) is 0 Å². The van der Waals surface area contributed by atoms with E-state index in [0.29, 0.717) is 5.92 Å². The quantitative estimate of drug-likeness (QED) is 0.860. The highest BCUT2D eigenvalue weighted by molar-refractivity contribution is 5.83. The van der Waals surface area contributed by atoms with Crippen molar-refractivity contribution >= 4 is 10.8 Å². The molecule has 2 aliphatic rings. The van der Waals surface area contributed by atoms with Crippen molar-refractivity contribution in [3.63, 3.8) is 0 Å². The minimum absolute atomic E-state index is 0.716. The van der Waals surface area contributed by atoms with Crippen molar-refractivity contribution in [2.75, 3.05) is 6.54 Å². The van der Waals surface area contributed by atoms with Gasteiger partial charge >= 0.3 is 0 Å². The zero-order valence-corrected chi connectivity index (χ0v) is 11.3. The molecule has 0 amide bonds. The maximum Gasteiger partial charge on any atom is -0.00403 e. The first-order chi connectivity index (χ1) is 9.36. The molecule has 2 fully saturated rings. The second kappa shape index (κ2) is 4.35. The van der Waals surface area contributed by atoms with Crippen LogP contribution in [0.5, 0.6) is 0 Å². The minimum Gasteiger partial charge on any atom is -0.330 e. The van der Waals surface area contributed by atoms with Gasteiger partial charge in [-0.2, -0.15) is 0 Å². The molecule has 98 valence electrons. The molecule has 0 aromatic heterocycles. The Morgan fingerprint density at radius 3 is 2.58 bits per heavy atom. The monoisotopic (exact) mass is 251 g/mol. The van der Waals surface area contributed by atoms with Gasteiger partial charge in [-0.05, 0) is 65.8 Å². The third-order valence-corrected chi connectivity index (χ3v) is 5.52. The molecular weight excluding hydrogens is 230 g/mol. The molecular formula is C18H21N. The van der Waals surface area contributed by atoms with Crippen molar-refractivity contribution in [1.29, 1.82) is 0 Å². The van der Waals surface area contributed by atoms with E-state index in [1.165, 1.54) is 35.6 Å². The minimum atomic E-state index is 0.716. The fraction of sp³-hybridized carbons (Fsp3) is 0.444. The Balaban J connectivity index is 1.77. The Morgan fingerprint density at radius 1 is 0.947 bits per heavy atom. The molecule has 0 spiro atoms. The van der Waals surface area contributed by atoms with Gasteiger partial charge in [0.1, 0.15) is 0 Å². The first-order valence-electron chi connectivity index (χ1n) is 7.55. The number of hydrogen-bond donors (Lipinski definition) is 1. The topological polar surface area (TPSA) is 26.0 Å². The molecule has 1 heteroatoms. The fourth-order valence-electron chi connectivity index (χ4n) is 4.68. The molecule has 2 saturated carbocycles. The third-order valence-electron chi connectivity index (χ3n) is 5.52. The molecule has 2 aromatic carbocycles. The zero-order valence-electron chi connectivity index (χ0n) is 11.3. The lowest BCUT2D eigenvalue weighted by atomic mass is 9.75. The van der Waals surface area contributed by atoms with Crippen LogP contribution in [0.25, 0.3) is 10.8 Å². The average Bonchev–Trinajstić information content (AvgIpc) is 3.07. The van der Waals surface area contributed by atoms with Crippen molar-refractivity contribution in [1.82, 2.24) is 0 Å². The Hall–Kier alpha value is -1.34. The van der Waals surface area contributed by atoms with Gasteiger partial charge in [-0.3, -0.25) is 0 Å². The zero-order chi connectivity index (χ0) is 12.8. The van der Waals surface area contributed by atoms with E-state index in [4.69, 9.17) is 5.73 Å². The van der Waals surface area contributed by atoms with Crippen molar-refractivity contribution < 1.29 is 0 Å². The van der Waals surface area contributed by atoms with Crippen LogP contribution in [0.1, 0.15) is 30.7 Å². The molecule has 0 heterocycles. The van der Waals surface area contributed by atoms with Crippen LogP contribution in [0.3, 0.4) is 0 Å². The van der Waals surface area contributed by atoms with E-state index in [1.54, 1.807) is 0 Å². The largest absolute Gasteiger partial charge is 0.330 e. The summed E-state index contributed by atoms with van der Waals surface area (Å²) in [6.45, 7) is 0.860. The van der Waals surface area contributed by atoms with Crippen LogP contribution in [0, 0.1) is 17.8 Å². The van der Waals surface area contributed by atoms with Gasteiger partial charge in [0.05, 0.1) is 0 Å². The van der Waals surface area contributed by atoms with Crippen molar-refractivity contribution in [2.24, 2.45) is 23.5 Å². The lowest BCUT2D eigenvalue weighted by Gasteiger charge is -2.30. The molecule has 4 rings (SSSR count). The van der Waals surface area contributed by atoms with Gasteiger partial charge in [0, 0.05) is 0 Å². The summed E-state index contributed by atoms with van der Waals surface area (Å²) in [5.74, 6) is 3.22. The smallest absolute Gasteiger partial charge is 0.00403 e. The number of hydrogen-bond acceptors (Lipinski definition) is 1. The molecule has 2 aromatic rings. The van der Waals surface area contributed by atoms with Crippen molar-refractivity contribution in [3.05, 3.63) is 48.0 Å². The van der Waals surface area contributed by atoms with Gasteiger partial charge in [0.25, 0.3) is 0 Å². The lowest BCUT2D eigenvalue weighted by Crippen LogP contribution is -2.27. The number of nitrogens with two attached hydrogens (primary N) is 1. The first kappa shape index (κ1) is 11.5. The summed E-state index contributed by atoms with van der Waals surface area (Å²) >= 11 is 0. The molecule has 2 N–H and O–H groups in total. The first-order valence-corrected chi connectivity index (χ1v) is 7.55. The van der Waals surface area contributed by atoms with Crippen molar-refractivity contribution in [3.8, 4) is 0 Å². The summed E-state index contributed by atoms with van der Waals surface area (Å²) in [4.78, 5) is 0. The van der Waals surface area contributed by atoms with Crippen LogP contribution < -0.4 is 5.73 Å². The summed E-state index contributed by atoms with van der Waals surface area (Å²) in [7, 11) is 0. The van der Waals surface area contributed by atoms with Crippen molar-refractivity contribution in [2.45, 2.75) is 25.2 Å². The molecule has 2 bridgehead atoms. The van der Waals surface area contributed by atoms with Gasteiger partial charge in [0.2, 0.25) is 0 Å². The Morgan fingerprint density at radius 2 is 1.74 bits per heavy atom. The second-order valence-corrected chi connectivity index (χ2v) is 6.37. The van der Waals surface area contributed by atoms with Crippen LogP contribution >= 0.6 is 0 Å². The van der Waals surface area contributed by atoms with E-state index in [-0.39, 0.29) is 0 Å². The Labute approximate surface area is 114 Å². The van der Waals surface area contributed by atoms with Crippen LogP contribution in [0.15, 0.2) is 42.5 Å². The Bertz CT molecular complexity index is 603. The third kappa shape index (κ3) is 1.72. The summed E-state index contributed by atoms with van der Waals surface area (Å²) in [5, 5.41) is 2.72. The SMILES string of the molecule is NCC1C2CCC(C2)C1c1ccc2ccccc2c1. The normalized spacial score (nSPS) is 33.1. The second-order valence-electron chi connectivity index (χ2n) is 6.37. The molecule has 0 saturated heterocycles. The summed E-state index contributed by atoms with van der Waals surface area (Å²) < 4.78 is 0. The van der Waals surface area contributed by atoms with Gasteiger partial charge in [-0.1, -0.05) is 42.5 Å². The molecule has 19 heavy (non-hydrogen) atoms. The maximum atomic E-state index is 6.06. The lowest BCUT2D eigenvalue weighted by molar-refractivity contribution is 0.295. The summed E-state index contributed by atoms with van der Waals surface area (Å²) in [6.07, 6.45) is 4.24. The van der Waals surface area contributed by atoms with E-state index in [9.17, 15) is 0 Å². The predicted molar refractivity (Wildman–Crippen MR) is 80.1 cm³/mol. The van der Waals surface area contributed by atoms with Crippen LogP contribution in [-0.2, 0) is 0 Å². The van der Waals surface area contributed by atoms with Gasteiger partial charge < -0.3 is 5.73 Å². The number of rotatable bonds is 2. The molecule has 4 unspecified atom stereocenters. The van der Waals surface area contributed by atoms with Gasteiger partial charge in [-0.25, -0.2) is 0 Å². The van der Waals surface area contributed by atoms with Crippen LogP contribution in [0.4, 0.5) is 0 Å². The standard InChI is InChI=1S/C18H21N/c19-11-17-14-6-8-16(10-14)18(17)15-7-5-12-3-1-2-4-13(12)9-15/h1-5,7,9,14,16-18H,6,8,10-11,19H2. The Kier molecular flexibility index (Phi) is 2.63. The predicted octanol–water partition coefficient (Wildman–Crippen LogP) is 3.93. The maximum absolute atomic E-state index is 6.06. The van der Waals surface area contributed by atoms with E-state index >= 15 is 0 Å². The molecule has 1 nitrogen and oxygen atoms in total. The summed E-state index contributed by atoms with van der Waals surface area (Å²) in [5.41, 5.74) is 7.59. The molecule has 4 atom stereocenters. The summed E-state index contributed by atoms with van der Waals surface area (Å²) in [6, 6.07) is 15.7. The fourth-order valence-corrected chi connectivity index (χ4v) is 4.68. The molecule has 2 aliphatic carbocycles. The van der Waals surface area contributed by atoms with E-state index < -0.39 is 0 Å². The average molecular weight is 251 g/mol. The van der Waals surface area contributed by atoms with Gasteiger partial charge in [0.15, 0.2) is 0 Å². The highest BCUT2D eigenvalue weighted by atomic mass is 14.6.